The molecule has 0 aromatic heterocycles. The van der Waals surface area contributed by atoms with Crippen LogP contribution in [0.25, 0.3) is 6.08 Å². The van der Waals surface area contributed by atoms with Crippen molar-refractivity contribution in [1.29, 1.82) is 0 Å². The predicted molar refractivity (Wildman–Crippen MR) is 87.9 cm³/mol. The molecule has 1 fully saturated rings. The van der Waals surface area contributed by atoms with E-state index in [-0.39, 0.29) is 13.2 Å². The normalized spacial score (nSPS) is 19.7. The van der Waals surface area contributed by atoms with Crippen LogP contribution in [-0.4, -0.2) is 23.4 Å². The molecule has 21 heavy (non-hydrogen) atoms. The Balaban J connectivity index is 2.07. The van der Waals surface area contributed by atoms with E-state index >= 15 is 0 Å². The van der Waals surface area contributed by atoms with E-state index in [0.717, 1.165) is 24.8 Å². The van der Waals surface area contributed by atoms with E-state index in [1.165, 1.54) is 30.4 Å². The molecule has 1 aromatic rings. The molecular weight excluding hydrogens is 260 g/mol. The lowest BCUT2D eigenvalue weighted by Crippen LogP contribution is -2.10. The van der Waals surface area contributed by atoms with E-state index in [9.17, 15) is 10.2 Å². The van der Waals surface area contributed by atoms with E-state index < -0.39 is 0 Å². The first-order chi connectivity index (χ1) is 10.3. The standard InChI is InChI=1S/C19H26O2/c20-14-18(15-21)19-13-6-2-5-11-17(19)12-7-10-16-8-3-1-4-9-16/h1,3-4,7-10,17,20-21H,2,5-6,11-15H2/b10-7+/t17-/m0/s1. The second-order valence-corrected chi connectivity index (χ2v) is 5.79. The minimum atomic E-state index is -0.00919. The van der Waals surface area contributed by atoms with Crippen LogP contribution in [0.3, 0.4) is 0 Å². The van der Waals surface area contributed by atoms with Crippen molar-refractivity contribution < 1.29 is 10.2 Å². The third-order valence-corrected chi connectivity index (χ3v) is 4.36. The van der Waals surface area contributed by atoms with Gasteiger partial charge in [-0.15, -0.1) is 0 Å². The molecule has 0 saturated heterocycles. The highest BCUT2D eigenvalue weighted by Gasteiger charge is 2.19. The minimum Gasteiger partial charge on any atom is -0.392 e. The first-order valence-corrected chi connectivity index (χ1v) is 7.99. The molecule has 2 heteroatoms. The minimum absolute atomic E-state index is 0.00919. The Hall–Kier alpha value is -1.38. The van der Waals surface area contributed by atoms with Crippen molar-refractivity contribution in [3.8, 4) is 0 Å². The molecule has 1 aromatic carbocycles. The Bertz CT molecular complexity index is 468. The highest BCUT2D eigenvalue weighted by atomic mass is 16.3. The molecule has 2 N–H and O–H groups in total. The molecule has 0 unspecified atom stereocenters. The van der Waals surface area contributed by atoms with Gasteiger partial charge in [0.1, 0.15) is 0 Å². The number of benzene rings is 1. The van der Waals surface area contributed by atoms with Gasteiger partial charge in [-0.3, -0.25) is 0 Å². The van der Waals surface area contributed by atoms with Crippen molar-refractivity contribution in [2.75, 3.05) is 13.2 Å². The van der Waals surface area contributed by atoms with E-state index in [1.807, 2.05) is 18.2 Å². The van der Waals surface area contributed by atoms with Crippen molar-refractivity contribution in [3.63, 3.8) is 0 Å². The van der Waals surface area contributed by atoms with Crippen LogP contribution in [0, 0.1) is 5.92 Å². The quantitative estimate of drug-likeness (QED) is 0.635. The van der Waals surface area contributed by atoms with Gasteiger partial charge in [-0.25, -0.2) is 0 Å². The molecule has 2 nitrogen and oxygen atoms in total. The third-order valence-electron chi connectivity index (χ3n) is 4.36. The zero-order valence-corrected chi connectivity index (χ0v) is 12.7. The summed E-state index contributed by atoms with van der Waals surface area (Å²) >= 11 is 0. The Morgan fingerprint density at radius 3 is 2.52 bits per heavy atom. The summed E-state index contributed by atoms with van der Waals surface area (Å²) < 4.78 is 0. The predicted octanol–water partition coefficient (Wildman–Crippen LogP) is 3.95. The van der Waals surface area contributed by atoms with Gasteiger partial charge in [-0.1, -0.05) is 60.9 Å². The van der Waals surface area contributed by atoms with E-state index in [0.29, 0.717) is 5.92 Å². The fraction of sp³-hybridized carbons (Fsp3) is 0.474. The summed E-state index contributed by atoms with van der Waals surface area (Å²) in [4.78, 5) is 0. The van der Waals surface area contributed by atoms with Crippen LogP contribution in [0.5, 0.6) is 0 Å². The molecule has 114 valence electrons. The van der Waals surface area contributed by atoms with Crippen LogP contribution < -0.4 is 0 Å². The highest BCUT2D eigenvalue weighted by Crippen LogP contribution is 2.33. The molecule has 1 aliphatic carbocycles. The maximum absolute atomic E-state index is 9.46. The van der Waals surface area contributed by atoms with Gasteiger partial charge in [0.05, 0.1) is 13.2 Å². The number of hydrogen-bond donors (Lipinski definition) is 2. The number of hydrogen-bond acceptors (Lipinski definition) is 2. The summed E-state index contributed by atoms with van der Waals surface area (Å²) in [6, 6.07) is 10.3. The first kappa shape index (κ1) is 16.0. The first-order valence-electron chi connectivity index (χ1n) is 7.99. The van der Waals surface area contributed by atoms with Crippen molar-refractivity contribution in [3.05, 3.63) is 53.1 Å². The van der Waals surface area contributed by atoms with Crippen LogP contribution in [0.2, 0.25) is 0 Å². The van der Waals surface area contributed by atoms with Crippen molar-refractivity contribution in [1.82, 2.24) is 0 Å². The molecule has 0 spiro atoms. The summed E-state index contributed by atoms with van der Waals surface area (Å²) in [5.74, 6) is 0.474. The maximum atomic E-state index is 9.46. The zero-order valence-electron chi connectivity index (χ0n) is 12.7. The van der Waals surface area contributed by atoms with Crippen LogP contribution in [-0.2, 0) is 0 Å². The number of allylic oxidation sites excluding steroid dienone is 2. The van der Waals surface area contributed by atoms with Gasteiger partial charge < -0.3 is 10.2 Å². The lowest BCUT2D eigenvalue weighted by atomic mass is 9.87. The van der Waals surface area contributed by atoms with Gasteiger partial charge >= 0.3 is 0 Å². The van der Waals surface area contributed by atoms with Gasteiger partial charge in [0, 0.05) is 0 Å². The Morgan fingerprint density at radius 2 is 1.81 bits per heavy atom. The lowest BCUT2D eigenvalue weighted by Gasteiger charge is -2.19. The number of rotatable bonds is 5. The fourth-order valence-electron chi connectivity index (χ4n) is 3.17. The number of aliphatic hydroxyl groups excluding tert-OH is 2. The van der Waals surface area contributed by atoms with Gasteiger partial charge in [-0.2, -0.15) is 0 Å². The monoisotopic (exact) mass is 286 g/mol. The van der Waals surface area contributed by atoms with Crippen LogP contribution in [0.15, 0.2) is 47.6 Å². The van der Waals surface area contributed by atoms with Gasteiger partial charge in [0.2, 0.25) is 0 Å². The molecule has 0 aliphatic heterocycles. The molecule has 0 amide bonds. The van der Waals surface area contributed by atoms with E-state index in [4.69, 9.17) is 0 Å². The number of aliphatic hydroxyl groups is 2. The molecular formula is C19H26O2. The smallest absolute Gasteiger partial charge is 0.0666 e. The fourth-order valence-corrected chi connectivity index (χ4v) is 3.17. The van der Waals surface area contributed by atoms with Gasteiger partial charge in [0.15, 0.2) is 0 Å². The largest absolute Gasteiger partial charge is 0.392 e. The SMILES string of the molecule is OCC(CO)=C1CCCCC[C@H]1C/C=C/c1ccccc1. The Morgan fingerprint density at radius 1 is 1.05 bits per heavy atom. The molecule has 1 saturated carbocycles. The molecule has 1 atom stereocenters. The lowest BCUT2D eigenvalue weighted by molar-refractivity contribution is 0.271. The van der Waals surface area contributed by atoms with Crippen LogP contribution >= 0.6 is 0 Å². The highest BCUT2D eigenvalue weighted by molar-refractivity contribution is 5.48. The van der Waals surface area contributed by atoms with Crippen molar-refractivity contribution in [2.24, 2.45) is 5.92 Å². The Labute approximate surface area is 127 Å². The molecule has 2 rings (SSSR count). The second-order valence-electron chi connectivity index (χ2n) is 5.79. The van der Waals surface area contributed by atoms with Crippen molar-refractivity contribution in [2.45, 2.75) is 38.5 Å². The van der Waals surface area contributed by atoms with Crippen LogP contribution in [0.1, 0.15) is 44.1 Å². The Kier molecular flexibility index (Phi) is 6.71. The summed E-state index contributed by atoms with van der Waals surface area (Å²) in [6.45, 7) is -0.0184. The molecule has 0 radical (unpaired) electrons. The average Bonchev–Trinajstić information content (AvgIpc) is 2.76. The van der Waals surface area contributed by atoms with Crippen molar-refractivity contribution >= 4 is 6.08 Å². The van der Waals surface area contributed by atoms with E-state index in [1.54, 1.807) is 0 Å². The van der Waals surface area contributed by atoms with E-state index in [2.05, 4.69) is 24.3 Å². The third kappa shape index (κ3) is 4.83. The second kappa shape index (κ2) is 8.81. The topological polar surface area (TPSA) is 40.5 Å². The summed E-state index contributed by atoms with van der Waals surface area (Å²) in [5.41, 5.74) is 3.37. The molecule has 1 aliphatic rings. The molecule has 0 bridgehead atoms. The summed E-state index contributed by atoms with van der Waals surface area (Å²) in [7, 11) is 0. The maximum Gasteiger partial charge on any atom is 0.0666 e. The van der Waals surface area contributed by atoms with Gasteiger partial charge in [-0.05, 0) is 42.7 Å². The van der Waals surface area contributed by atoms with Crippen LogP contribution in [0.4, 0.5) is 0 Å². The molecule has 0 heterocycles. The summed E-state index contributed by atoms with van der Waals surface area (Å²) in [5, 5.41) is 18.9. The average molecular weight is 286 g/mol. The van der Waals surface area contributed by atoms with Gasteiger partial charge in [0.25, 0.3) is 0 Å². The zero-order chi connectivity index (χ0) is 14.9. The summed E-state index contributed by atoms with van der Waals surface area (Å²) in [6.07, 6.45) is 11.3.